The molecule has 0 radical (unpaired) electrons. The molecule has 1 aliphatic rings. The summed E-state index contributed by atoms with van der Waals surface area (Å²) in [4.78, 5) is 9.43. The van der Waals surface area contributed by atoms with Gasteiger partial charge in [0.15, 0.2) is 5.76 Å². The van der Waals surface area contributed by atoms with Gasteiger partial charge in [-0.2, -0.15) is 0 Å². The maximum Gasteiger partial charge on any atom is 0.263 e. The topological polar surface area (TPSA) is 54.9 Å². The number of furan rings is 1. The van der Waals surface area contributed by atoms with E-state index in [9.17, 15) is 0 Å². The Labute approximate surface area is 130 Å². The summed E-state index contributed by atoms with van der Waals surface area (Å²) in [6.07, 6.45) is 1.63. The molecule has 3 heterocycles. The Morgan fingerprint density at radius 3 is 2.68 bits per heavy atom. The number of aryl methyl sites for hydroxylation is 1. The van der Waals surface area contributed by atoms with E-state index >= 15 is 0 Å². The Kier molecular flexibility index (Phi) is 4.92. The van der Waals surface area contributed by atoms with Gasteiger partial charge in [-0.25, -0.2) is 4.98 Å². The molecule has 3 rings (SSSR count). The van der Waals surface area contributed by atoms with Gasteiger partial charge >= 0.3 is 0 Å². The third-order valence-corrected chi connectivity index (χ3v) is 4.07. The third-order valence-electron chi connectivity index (χ3n) is 4.07. The van der Waals surface area contributed by atoms with Crippen LogP contribution in [0.2, 0.25) is 0 Å². The molecular formula is C16H23N3O3. The summed E-state index contributed by atoms with van der Waals surface area (Å²) in [7, 11) is 1.75. The number of methoxy groups -OCH3 is 1. The lowest BCUT2D eigenvalue weighted by Gasteiger charge is -2.34. The Bertz CT molecular complexity index is 571. The van der Waals surface area contributed by atoms with Crippen molar-refractivity contribution in [2.24, 2.45) is 0 Å². The average molecular weight is 305 g/mol. The Hall–Kier alpha value is -1.63. The molecule has 1 aliphatic heterocycles. The van der Waals surface area contributed by atoms with Crippen LogP contribution in [-0.4, -0.2) is 61.2 Å². The van der Waals surface area contributed by atoms with Gasteiger partial charge in [0.1, 0.15) is 5.76 Å². The van der Waals surface area contributed by atoms with Gasteiger partial charge in [-0.1, -0.05) is 0 Å². The average Bonchev–Trinajstić information content (AvgIpc) is 3.17. The van der Waals surface area contributed by atoms with Crippen LogP contribution in [0.1, 0.15) is 11.5 Å². The molecule has 0 amide bonds. The summed E-state index contributed by atoms with van der Waals surface area (Å²) in [5.74, 6) is 2.11. The second-order valence-corrected chi connectivity index (χ2v) is 5.61. The molecule has 0 N–H and O–H groups in total. The second kappa shape index (κ2) is 7.09. The predicted octanol–water partition coefficient (Wildman–Crippen LogP) is 2.01. The van der Waals surface area contributed by atoms with Gasteiger partial charge in [0.25, 0.3) is 5.89 Å². The molecule has 2 aromatic rings. The van der Waals surface area contributed by atoms with Crippen molar-refractivity contribution >= 4 is 0 Å². The fourth-order valence-electron chi connectivity index (χ4n) is 2.68. The van der Waals surface area contributed by atoms with Crippen LogP contribution in [0, 0.1) is 6.92 Å². The molecule has 6 heteroatoms. The molecular weight excluding hydrogens is 282 g/mol. The quantitative estimate of drug-likeness (QED) is 0.814. The zero-order valence-corrected chi connectivity index (χ0v) is 13.2. The van der Waals surface area contributed by atoms with Crippen molar-refractivity contribution in [3.05, 3.63) is 29.9 Å². The van der Waals surface area contributed by atoms with Crippen molar-refractivity contribution in [1.82, 2.24) is 14.8 Å². The van der Waals surface area contributed by atoms with Crippen LogP contribution in [0.4, 0.5) is 0 Å². The largest absolute Gasteiger partial charge is 0.459 e. The van der Waals surface area contributed by atoms with Gasteiger partial charge in [0.05, 0.1) is 18.6 Å². The Morgan fingerprint density at radius 2 is 2.00 bits per heavy atom. The molecule has 0 aromatic carbocycles. The summed E-state index contributed by atoms with van der Waals surface area (Å²) in [6.45, 7) is 8.84. The van der Waals surface area contributed by atoms with E-state index in [-0.39, 0.29) is 0 Å². The standard InChI is InChI=1S/C16H23N3O3/c1-13-14(17-16(22-13)15-4-3-10-21-15)12-19-7-5-18(6-8-19)9-11-20-2/h3-4,10H,5-9,11-12H2,1-2H3. The first kappa shape index (κ1) is 15.3. The van der Waals surface area contributed by atoms with Crippen molar-refractivity contribution in [2.45, 2.75) is 13.5 Å². The Morgan fingerprint density at radius 1 is 1.23 bits per heavy atom. The highest BCUT2D eigenvalue weighted by Crippen LogP contribution is 2.23. The van der Waals surface area contributed by atoms with Crippen LogP contribution in [0.5, 0.6) is 0 Å². The lowest BCUT2D eigenvalue weighted by Crippen LogP contribution is -2.46. The van der Waals surface area contributed by atoms with Gasteiger partial charge in [-0.3, -0.25) is 9.80 Å². The van der Waals surface area contributed by atoms with Crippen LogP contribution in [0.25, 0.3) is 11.7 Å². The third kappa shape index (κ3) is 3.58. The second-order valence-electron chi connectivity index (χ2n) is 5.61. The van der Waals surface area contributed by atoms with E-state index < -0.39 is 0 Å². The summed E-state index contributed by atoms with van der Waals surface area (Å²) in [6, 6.07) is 3.71. The first-order chi connectivity index (χ1) is 10.8. The van der Waals surface area contributed by atoms with E-state index in [1.54, 1.807) is 13.4 Å². The summed E-state index contributed by atoms with van der Waals surface area (Å²) >= 11 is 0. The van der Waals surface area contributed by atoms with Crippen molar-refractivity contribution in [3.8, 4) is 11.7 Å². The number of ether oxygens (including phenoxy) is 1. The number of hydrogen-bond donors (Lipinski definition) is 0. The van der Waals surface area contributed by atoms with E-state index in [1.807, 2.05) is 19.1 Å². The highest BCUT2D eigenvalue weighted by Gasteiger charge is 2.20. The zero-order valence-electron chi connectivity index (χ0n) is 13.2. The number of rotatable bonds is 6. The lowest BCUT2D eigenvalue weighted by molar-refractivity contribution is 0.0931. The molecule has 0 spiro atoms. The molecule has 2 aromatic heterocycles. The van der Waals surface area contributed by atoms with E-state index in [1.165, 1.54) is 0 Å². The maximum absolute atomic E-state index is 5.72. The fraction of sp³-hybridized carbons (Fsp3) is 0.562. The monoisotopic (exact) mass is 305 g/mol. The molecule has 0 saturated carbocycles. The lowest BCUT2D eigenvalue weighted by atomic mass is 10.2. The van der Waals surface area contributed by atoms with E-state index in [0.717, 1.165) is 57.3 Å². The van der Waals surface area contributed by atoms with Crippen LogP contribution in [0.3, 0.4) is 0 Å². The first-order valence-corrected chi connectivity index (χ1v) is 7.70. The molecule has 120 valence electrons. The summed E-state index contributed by atoms with van der Waals surface area (Å²) in [5.41, 5.74) is 0.997. The van der Waals surface area contributed by atoms with Gasteiger partial charge in [0, 0.05) is 46.4 Å². The highest BCUT2D eigenvalue weighted by molar-refractivity contribution is 5.44. The Balaban J connectivity index is 1.56. The number of aromatic nitrogens is 1. The number of nitrogens with zero attached hydrogens (tertiary/aromatic N) is 3. The molecule has 0 unspecified atom stereocenters. The van der Waals surface area contributed by atoms with Gasteiger partial charge in [-0.05, 0) is 19.1 Å². The number of hydrogen-bond acceptors (Lipinski definition) is 6. The van der Waals surface area contributed by atoms with Crippen molar-refractivity contribution in [3.63, 3.8) is 0 Å². The smallest absolute Gasteiger partial charge is 0.263 e. The minimum Gasteiger partial charge on any atom is -0.459 e. The first-order valence-electron chi connectivity index (χ1n) is 7.70. The van der Waals surface area contributed by atoms with E-state index in [0.29, 0.717) is 11.7 Å². The van der Waals surface area contributed by atoms with E-state index in [4.69, 9.17) is 13.6 Å². The number of piperazine rings is 1. The summed E-state index contributed by atoms with van der Waals surface area (Å²) < 4.78 is 16.2. The molecule has 6 nitrogen and oxygen atoms in total. The van der Waals surface area contributed by atoms with Crippen molar-refractivity contribution < 1.29 is 13.6 Å². The fourth-order valence-corrected chi connectivity index (χ4v) is 2.68. The molecule has 22 heavy (non-hydrogen) atoms. The minimum atomic E-state index is 0.566. The molecule has 0 aliphatic carbocycles. The van der Waals surface area contributed by atoms with Crippen LogP contribution < -0.4 is 0 Å². The van der Waals surface area contributed by atoms with Crippen LogP contribution in [0.15, 0.2) is 27.2 Å². The predicted molar refractivity (Wildman–Crippen MR) is 82.5 cm³/mol. The zero-order chi connectivity index (χ0) is 15.4. The minimum absolute atomic E-state index is 0.566. The van der Waals surface area contributed by atoms with Crippen molar-refractivity contribution in [1.29, 1.82) is 0 Å². The SMILES string of the molecule is COCCN1CCN(Cc2nc(-c3ccco3)oc2C)CC1. The molecule has 1 saturated heterocycles. The molecule has 0 atom stereocenters. The van der Waals surface area contributed by atoms with Crippen LogP contribution in [-0.2, 0) is 11.3 Å². The van der Waals surface area contributed by atoms with Gasteiger partial charge < -0.3 is 13.6 Å². The maximum atomic E-state index is 5.72. The number of oxazole rings is 1. The van der Waals surface area contributed by atoms with Gasteiger partial charge in [0.2, 0.25) is 0 Å². The normalized spacial score (nSPS) is 17.2. The van der Waals surface area contributed by atoms with Gasteiger partial charge in [-0.15, -0.1) is 0 Å². The van der Waals surface area contributed by atoms with Crippen LogP contribution >= 0.6 is 0 Å². The highest BCUT2D eigenvalue weighted by atomic mass is 16.5. The van der Waals surface area contributed by atoms with E-state index in [2.05, 4.69) is 14.8 Å². The molecule has 0 bridgehead atoms. The van der Waals surface area contributed by atoms with Crippen molar-refractivity contribution in [2.75, 3.05) is 46.4 Å². The summed E-state index contributed by atoms with van der Waals surface area (Å²) in [5, 5.41) is 0. The molecule has 1 fully saturated rings.